The Morgan fingerprint density at radius 2 is 1.52 bits per heavy atom. The van der Waals surface area contributed by atoms with Gasteiger partial charge in [0.2, 0.25) is 0 Å². The molecule has 0 bridgehead atoms. The van der Waals surface area contributed by atoms with E-state index in [9.17, 15) is 9.90 Å². The van der Waals surface area contributed by atoms with Gasteiger partial charge in [-0.3, -0.25) is 4.79 Å². The molecule has 2 aliphatic carbocycles. The smallest absolute Gasteiger partial charge is 0.189 e. The highest BCUT2D eigenvalue weighted by Crippen LogP contribution is 2.31. The van der Waals surface area contributed by atoms with Crippen LogP contribution in [0.2, 0.25) is 0 Å². The van der Waals surface area contributed by atoms with E-state index in [0.29, 0.717) is 12.2 Å². The highest BCUT2D eigenvalue weighted by Gasteiger charge is 2.23. The molecule has 0 spiro atoms. The molecule has 0 aliphatic heterocycles. The number of rotatable bonds is 2. The normalized spacial score (nSPS) is 18.1. The average Bonchev–Trinajstić information content (AvgIpc) is 3.07. The largest absolute Gasteiger partial charge is 0.507 e. The molecule has 0 saturated carbocycles. The third-order valence-corrected chi connectivity index (χ3v) is 4.49. The lowest BCUT2D eigenvalue weighted by Crippen LogP contribution is -1.94. The van der Waals surface area contributed by atoms with Crippen LogP contribution in [0.15, 0.2) is 77.9 Å². The second-order valence-corrected chi connectivity index (χ2v) is 5.92. The van der Waals surface area contributed by atoms with Crippen LogP contribution >= 0.6 is 0 Å². The Labute approximate surface area is 135 Å². The molecule has 2 aromatic rings. The Morgan fingerprint density at radius 1 is 0.870 bits per heavy atom. The summed E-state index contributed by atoms with van der Waals surface area (Å²) < 4.78 is 0. The quantitative estimate of drug-likeness (QED) is 0.833. The zero-order valence-corrected chi connectivity index (χ0v) is 12.6. The Hall–Kier alpha value is -2.87. The van der Waals surface area contributed by atoms with Crippen molar-refractivity contribution in [2.75, 3.05) is 0 Å². The molecule has 0 fully saturated rings. The molecule has 4 rings (SSSR count). The number of carbonyl (C=O) groups excluding carboxylic acids is 1. The molecule has 2 aromatic carbocycles. The van der Waals surface area contributed by atoms with Crippen LogP contribution in [0.5, 0.6) is 0 Å². The van der Waals surface area contributed by atoms with Crippen molar-refractivity contribution < 1.29 is 9.90 Å². The van der Waals surface area contributed by atoms with Crippen molar-refractivity contribution in [2.24, 2.45) is 0 Å². The van der Waals surface area contributed by atoms with Gasteiger partial charge in [-0.05, 0) is 16.7 Å². The molecule has 2 nitrogen and oxygen atoms in total. The van der Waals surface area contributed by atoms with Crippen molar-refractivity contribution in [3.63, 3.8) is 0 Å². The molecule has 0 unspecified atom stereocenters. The zero-order chi connectivity index (χ0) is 15.8. The standard InChI is InChI=1S/C21H16O2/c22-20-16(12-14-6-1-3-10-18(14)20)8-5-9-17-13-15-7-2-4-11-19(15)21(17)23/h1-11,22H,12-13H2. The number of ketones is 1. The lowest BCUT2D eigenvalue weighted by Gasteiger charge is -1.96. The summed E-state index contributed by atoms with van der Waals surface area (Å²) in [6, 6.07) is 15.6. The topological polar surface area (TPSA) is 37.3 Å². The first-order valence-corrected chi connectivity index (χ1v) is 7.74. The van der Waals surface area contributed by atoms with Crippen LogP contribution in [0, 0.1) is 0 Å². The van der Waals surface area contributed by atoms with E-state index < -0.39 is 0 Å². The molecule has 2 aliphatic rings. The number of fused-ring (bicyclic) bond motifs is 2. The van der Waals surface area contributed by atoms with E-state index in [4.69, 9.17) is 0 Å². The minimum atomic E-state index is 0.109. The molecule has 0 radical (unpaired) electrons. The summed E-state index contributed by atoms with van der Waals surface area (Å²) >= 11 is 0. The number of aliphatic hydroxyl groups is 1. The Balaban J connectivity index is 1.56. The summed E-state index contributed by atoms with van der Waals surface area (Å²) in [5.74, 6) is 0.453. The van der Waals surface area contributed by atoms with Gasteiger partial charge in [0.1, 0.15) is 5.76 Å². The predicted octanol–water partition coefficient (Wildman–Crippen LogP) is 4.43. The molecule has 0 heterocycles. The van der Waals surface area contributed by atoms with Gasteiger partial charge < -0.3 is 5.11 Å². The summed E-state index contributed by atoms with van der Waals surface area (Å²) in [6.45, 7) is 0. The monoisotopic (exact) mass is 300 g/mol. The first-order chi connectivity index (χ1) is 11.2. The van der Waals surface area contributed by atoms with Crippen molar-refractivity contribution in [1.29, 1.82) is 0 Å². The maximum Gasteiger partial charge on any atom is 0.189 e. The third kappa shape index (κ3) is 2.33. The molecular formula is C21H16O2. The average molecular weight is 300 g/mol. The fourth-order valence-corrected chi connectivity index (χ4v) is 3.27. The van der Waals surface area contributed by atoms with E-state index >= 15 is 0 Å². The van der Waals surface area contributed by atoms with Crippen LogP contribution in [0.4, 0.5) is 0 Å². The van der Waals surface area contributed by atoms with E-state index in [0.717, 1.165) is 39.8 Å². The van der Waals surface area contributed by atoms with Crippen molar-refractivity contribution in [2.45, 2.75) is 12.8 Å². The summed E-state index contributed by atoms with van der Waals surface area (Å²) in [5, 5.41) is 10.3. The molecule has 0 saturated heterocycles. The van der Waals surface area contributed by atoms with Crippen LogP contribution in [0.3, 0.4) is 0 Å². The predicted molar refractivity (Wildman–Crippen MR) is 91.4 cm³/mol. The third-order valence-electron chi connectivity index (χ3n) is 4.49. The van der Waals surface area contributed by atoms with Gasteiger partial charge in [0.05, 0.1) is 0 Å². The molecule has 1 N–H and O–H groups in total. The van der Waals surface area contributed by atoms with Crippen LogP contribution in [0.25, 0.3) is 5.76 Å². The van der Waals surface area contributed by atoms with Gasteiger partial charge in [-0.1, -0.05) is 66.8 Å². The Bertz CT molecular complexity index is 898. The van der Waals surface area contributed by atoms with Gasteiger partial charge in [-0.2, -0.15) is 0 Å². The van der Waals surface area contributed by atoms with E-state index in [2.05, 4.69) is 0 Å². The van der Waals surface area contributed by atoms with Gasteiger partial charge in [0.15, 0.2) is 5.78 Å². The summed E-state index contributed by atoms with van der Waals surface area (Å²) in [7, 11) is 0. The van der Waals surface area contributed by atoms with Gasteiger partial charge in [-0.25, -0.2) is 0 Å². The number of carbonyl (C=O) groups is 1. The van der Waals surface area contributed by atoms with Gasteiger partial charge in [0.25, 0.3) is 0 Å². The maximum atomic E-state index is 12.3. The summed E-state index contributed by atoms with van der Waals surface area (Å²) in [4.78, 5) is 12.3. The van der Waals surface area contributed by atoms with E-state index in [1.807, 2.05) is 66.8 Å². The molecule has 0 aromatic heterocycles. The number of hydrogen-bond donors (Lipinski definition) is 1. The SMILES string of the molecule is O=C1C(=CC=CC2=C(O)c3ccccc3C2)Cc2ccccc21. The number of benzene rings is 2. The maximum absolute atomic E-state index is 12.3. The van der Waals surface area contributed by atoms with Crippen LogP contribution in [0.1, 0.15) is 27.0 Å². The van der Waals surface area contributed by atoms with E-state index in [1.165, 1.54) is 0 Å². The number of Topliss-reactive ketones (excluding diaryl/α,β-unsaturated/α-hetero) is 1. The van der Waals surface area contributed by atoms with Crippen LogP contribution in [-0.2, 0) is 12.8 Å². The lowest BCUT2D eigenvalue weighted by molar-refractivity contribution is 0.103. The minimum Gasteiger partial charge on any atom is -0.507 e. The number of hydrogen-bond acceptors (Lipinski definition) is 2. The minimum absolute atomic E-state index is 0.109. The number of aliphatic hydroxyl groups excluding tert-OH is 1. The first kappa shape index (κ1) is 13.8. The van der Waals surface area contributed by atoms with Gasteiger partial charge in [0, 0.05) is 29.5 Å². The Morgan fingerprint density at radius 3 is 2.22 bits per heavy atom. The molecule has 0 atom stereocenters. The van der Waals surface area contributed by atoms with Crippen LogP contribution in [-0.4, -0.2) is 10.9 Å². The zero-order valence-electron chi connectivity index (χ0n) is 12.6. The molecule has 0 amide bonds. The highest BCUT2D eigenvalue weighted by atomic mass is 16.3. The molecule has 23 heavy (non-hydrogen) atoms. The van der Waals surface area contributed by atoms with Crippen molar-refractivity contribution in [3.05, 3.63) is 100 Å². The second kappa shape index (κ2) is 5.40. The van der Waals surface area contributed by atoms with Gasteiger partial charge in [-0.15, -0.1) is 0 Å². The van der Waals surface area contributed by atoms with E-state index in [-0.39, 0.29) is 5.78 Å². The Kier molecular flexibility index (Phi) is 3.23. The van der Waals surface area contributed by atoms with Crippen molar-refractivity contribution in [3.8, 4) is 0 Å². The summed E-state index contributed by atoms with van der Waals surface area (Å²) in [6.07, 6.45) is 7.06. The highest BCUT2D eigenvalue weighted by molar-refractivity contribution is 6.13. The second-order valence-electron chi connectivity index (χ2n) is 5.92. The van der Waals surface area contributed by atoms with Crippen LogP contribution < -0.4 is 0 Å². The summed E-state index contributed by atoms with van der Waals surface area (Å²) in [5.41, 5.74) is 5.64. The van der Waals surface area contributed by atoms with Gasteiger partial charge >= 0.3 is 0 Å². The van der Waals surface area contributed by atoms with Crippen molar-refractivity contribution >= 4 is 11.5 Å². The lowest BCUT2D eigenvalue weighted by atomic mass is 10.1. The van der Waals surface area contributed by atoms with E-state index in [1.54, 1.807) is 0 Å². The first-order valence-electron chi connectivity index (χ1n) is 7.74. The fraction of sp³-hybridized carbons (Fsp3) is 0.0952. The molecular weight excluding hydrogens is 284 g/mol. The fourth-order valence-electron chi connectivity index (χ4n) is 3.27. The van der Waals surface area contributed by atoms with Crippen molar-refractivity contribution in [1.82, 2.24) is 0 Å². The molecule has 112 valence electrons. The molecule has 2 heteroatoms. The number of allylic oxidation sites excluding steroid dienone is 5.